The minimum Gasteiger partial charge on any atom is -0.478 e. The van der Waals surface area contributed by atoms with Crippen LogP contribution < -0.4 is 0 Å². The molecule has 0 fully saturated rings. The van der Waals surface area contributed by atoms with Crippen LogP contribution in [0.1, 0.15) is 10.4 Å². The van der Waals surface area contributed by atoms with Crippen LogP contribution in [0.2, 0.25) is 0 Å². The number of carbonyl (C=O) groups is 1. The fraction of sp³-hybridized carbons (Fsp3) is 0. The van der Waals surface area contributed by atoms with Gasteiger partial charge in [-0.3, -0.25) is 4.40 Å². The van der Waals surface area contributed by atoms with Gasteiger partial charge in [0.2, 0.25) is 4.96 Å². The number of fused-ring (bicyclic) bond motifs is 1. The highest BCUT2D eigenvalue weighted by Gasteiger charge is 2.10. The number of carboxylic acid groups (broad SMARTS) is 1. The van der Waals surface area contributed by atoms with Gasteiger partial charge in [0.15, 0.2) is 5.82 Å². The highest BCUT2D eigenvalue weighted by atomic mass is 32.1. The minimum absolute atomic E-state index is 0.245. The molecule has 0 saturated carbocycles. The van der Waals surface area contributed by atoms with E-state index in [4.69, 9.17) is 5.11 Å². The van der Waals surface area contributed by atoms with Crippen LogP contribution in [0.5, 0.6) is 0 Å². The summed E-state index contributed by atoms with van der Waals surface area (Å²) in [6, 6.07) is 6.67. The number of thiazole rings is 1. The number of rotatable bonds is 2. The molecule has 17 heavy (non-hydrogen) atoms. The number of hydrogen-bond acceptors (Lipinski definition) is 4. The summed E-state index contributed by atoms with van der Waals surface area (Å²) in [5, 5.41) is 18.9. The summed E-state index contributed by atoms with van der Waals surface area (Å²) in [5.41, 5.74) is 0.991. The van der Waals surface area contributed by atoms with E-state index < -0.39 is 5.97 Å². The van der Waals surface area contributed by atoms with Gasteiger partial charge in [0, 0.05) is 17.1 Å². The van der Waals surface area contributed by atoms with Crippen molar-refractivity contribution in [2.45, 2.75) is 0 Å². The molecular formula is C11H7N3O2S. The Labute approximate surface area is 100.0 Å². The first-order valence-electron chi connectivity index (χ1n) is 4.87. The lowest BCUT2D eigenvalue weighted by atomic mass is 10.1. The van der Waals surface area contributed by atoms with Crippen molar-refractivity contribution < 1.29 is 9.90 Å². The van der Waals surface area contributed by atoms with E-state index in [-0.39, 0.29) is 5.56 Å². The Morgan fingerprint density at radius 3 is 3.06 bits per heavy atom. The number of carboxylic acids is 1. The van der Waals surface area contributed by atoms with Gasteiger partial charge in [-0.25, -0.2) is 4.79 Å². The summed E-state index contributed by atoms with van der Waals surface area (Å²) in [7, 11) is 0. The Hall–Kier alpha value is -2.21. The molecule has 2 heterocycles. The van der Waals surface area contributed by atoms with Gasteiger partial charge in [0.1, 0.15) is 0 Å². The monoisotopic (exact) mass is 245 g/mol. The van der Waals surface area contributed by atoms with E-state index in [2.05, 4.69) is 10.2 Å². The summed E-state index contributed by atoms with van der Waals surface area (Å²) in [4.78, 5) is 11.7. The molecule has 0 unspecified atom stereocenters. The van der Waals surface area contributed by atoms with E-state index in [0.29, 0.717) is 5.82 Å². The Kier molecular flexibility index (Phi) is 2.15. The molecule has 1 aromatic carbocycles. The van der Waals surface area contributed by atoms with Gasteiger partial charge in [0.05, 0.1) is 5.56 Å². The molecule has 3 rings (SSSR count). The van der Waals surface area contributed by atoms with Crippen molar-refractivity contribution in [1.29, 1.82) is 0 Å². The average Bonchev–Trinajstić information content (AvgIpc) is 2.90. The maximum absolute atomic E-state index is 10.9. The van der Waals surface area contributed by atoms with Crippen molar-refractivity contribution in [2.24, 2.45) is 0 Å². The third-order valence-electron chi connectivity index (χ3n) is 2.42. The molecule has 0 spiro atoms. The number of aromatic nitrogens is 3. The number of benzene rings is 1. The average molecular weight is 245 g/mol. The topological polar surface area (TPSA) is 67.5 Å². The van der Waals surface area contributed by atoms with Crippen LogP contribution in [0.15, 0.2) is 35.8 Å². The fourth-order valence-electron chi connectivity index (χ4n) is 1.63. The van der Waals surface area contributed by atoms with Crippen molar-refractivity contribution in [3.05, 3.63) is 41.4 Å². The normalized spacial score (nSPS) is 10.8. The molecule has 0 aliphatic rings. The maximum Gasteiger partial charge on any atom is 0.335 e. The number of aromatic carboxylic acids is 1. The number of hydrogen-bond donors (Lipinski definition) is 1. The van der Waals surface area contributed by atoms with Crippen molar-refractivity contribution >= 4 is 22.3 Å². The maximum atomic E-state index is 10.9. The molecule has 0 atom stereocenters. The Bertz CT molecular complexity index is 701. The van der Waals surface area contributed by atoms with Crippen molar-refractivity contribution in [3.63, 3.8) is 0 Å². The van der Waals surface area contributed by atoms with Crippen LogP contribution in [-0.4, -0.2) is 25.7 Å². The van der Waals surface area contributed by atoms with Crippen LogP contribution in [0.4, 0.5) is 0 Å². The van der Waals surface area contributed by atoms with Crippen molar-refractivity contribution in [3.8, 4) is 11.4 Å². The molecule has 0 radical (unpaired) electrons. The van der Waals surface area contributed by atoms with E-state index in [1.807, 2.05) is 22.0 Å². The van der Waals surface area contributed by atoms with E-state index in [0.717, 1.165) is 10.5 Å². The molecule has 0 amide bonds. The van der Waals surface area contributed by atoms with Gasteiger partial charge in [-0.2, -0.15) is 0 Å². The standard InChI is InChI=1S/C11H7N3O2S/c15-10(16)8-3-1-2-7(6-8)9-12-13-11-14(9)4-5-17-11/h1-6H,(H,15,16). The molecule has 0 aliphatic heterocycles. The Balaban J connectivity index is 2.19. The van der Waals surface area contributed by atoms with Gasteiger partial charge in [-0.1, -0.05) is 12.1 Å². The molecule has 1 N–H and O–H groups in total. The molecule has 5 nitrogen and oxygen atoms in total. The SMILES string of the molecule is O=C(O)c1cccc(-c2nnc3sccn23)c1. The van der Waals surface area contributed by atoms with E-state index in [1.165, 1.54) is 11.3 Å². The first-order valence-corrected chi connectivity index (χ1v) is 5.75. The van der Waals surface area contributed by atoms with Gasteiger partial charge in [-0.05, 0) is 12.1 Å². The van der Waals surface area contributed by atoms with Crippen LogP contribution in [0.3, 0.4) is 0 Å². The van der Waals surface area contributed by atoms with Crippen LogP contribution in [0.25, 0.3) is 16.3 Å². The van der Waals surface area contributed by atoms with E-state index in [9.17, 15) is 4.79 Å². The lowest BCUT2D eigenvalue weighted by Crippen LogP contribution is -1.96. The van der Waals surface area contributed by atoms with Crippen LogP contribution >= 0.6 is 11.3 Å². The molecule has 2 aromatic heterocycles. The number of nitrogens with zero attached hydrogens (tertiary/aromatic N) is 3. The second kappa shape index (κ2) is 3.67. The first-order chi connectivity index (χ1) is 8.25. The molecule has 6 heteroatoms. The zero-order valence-corrected chi connectivity index (χ0v) is 9.39. The zero-order chi connectivity index (χ0) is 11.8. The van der Waals surface area contributed by atoms with E-state index in [1.54, 1.807) is 18.2 Å². The second-order valence-electron chi connectivity index (χ2n) is 3.47. The predicted octanol–water partition coefficient (Wildman–Crippen LogP) is 2.16. The van der Waals surface area contributed by atoms with Gasteiger partial charge in [0.25, 0.3) is 0 Å². The Morgan fingerprint density at radius 1 is 1.35 bits per heavy atom. The van der Waals surface area contributed by atoms with Gasteiger partial charge in [-0.15, -0.1) is 21.5 Å². The summed E-state index contributed by atoms with van der Waals surface area (Å²) in [6.45, 7) is 0. The Morgan fingerprint density at radius 2 is 2.24 bits per heavy atom. The third-order valence-corrected chi connectivity index (χ3v) is 3.16. The molecule has 0 saturated heterocycles. The summed E-state index contributed by atoms with van der Waals surface area (Å²) in [6.07, 6.45) is 1.86. The lowest BCUT2D eigenvalue weighted by molar-refractivity contribution is 0.0697. The van der Waals surface area contributed by atoms with E-state index >= 15 is 0 Å². The minimum atomic E-state index is -0.946. The van der Waals surface area contributed by atoms with Crippen molar-refractivity contribution in [1.82, 2.24) is 14.6 Å². The molecule has 84 valence electrons. The first kappa shape index (κ1) is 9.98. The highest BCUT2D eigenvalue weighted by Crippen LogP contribution is 2.21. The van der Waals surface area contributed by atoms with Gasteiger partial charge >= 0.3 is 5.97 Å². The lowest BCUT2D eigenvalue weighted by Gasteiger charge is -1.99. The smallest absolute Gasteiger partial charge is 0.335 e. The summed E-state index contributed by atoms with van der Waals surface area (Å²) >= 11 is 1.49. The third kappa shape index (κ3) is 1.58. The second-order valence-corrected chi connectivity index (χ2v) is 4.34. The zero-order valence-electron chi connectivity index (χ0n) is 8.57. The van der Waals surface area contributed by atoms with Crippen LogP contribution in [-0.2, 0) is 0 Å². The quantitative estimate of drug-likeness (QED) is 0.751. The fourth-order valence-corrected chi connectivity index (χ4v) is 2.29. The highest BCUT2D eigenvalue weighted by molar-refractivity contribution is 7.15. The molecule has 0 bridgehead atoms. The summed E-state index contributed by atoms with van der Waals surface area (Å²) in [5.74, 6) is -0.290. The van der Waals surface area contributed by atoms with Crippen LogP contribution in [0, 0.1) is 0 Å². The predicted molar refractivity (Wildman–Crippen MR) is 63.3 cm³/mol. The molecule has 0 aliphatic carbocycles. The summed E-state index contributed by atoms with van der Waals surface area (Å²) < 4.78 is 1.84. The van der Waals surface area contributed by atoms with Gasteiger partial charge < -0.3 is 5.11 Å². The molecule has 3 aromatic rings. The largest absolute Gasteiger partial charge is 0.478 e. The van der Waals surface area contributed by atoms with Crippen molar-refractivity contribution in [2.75, 3.05) is 0 Å². The molecular weight excluding hydrogens is 238 g/mol.